The summed E-state index contributed by atoms with van der Waals surface area (Å²) < 4.78 is 0. The van der Waals surface area contributed by atoms with E-state index in [2.05, 4.69) is 33.6 Å². The second-order valence-electron chi connectivity index (χ2n) is 5.76. The van der Waals surface area contributed by atoms with E-state index in [4.69, 9.17) is 0 Å². The highest BCUT2D eigenvalue weighted by molar-refractivity contribution is 7.11. The molecule has 0 atom stereocenters. The maximum atomic E-state index is 12.3. The van der Waals surface area contributed by atoms with Crippen LogP contribution in [0.5, 0.6) is 0 Å². The SMILES string of the molecule is Cc1nc(CN2CCN(C(=O)/C=C/c3sccc3C)CC2)cs1. The zero-order chi connectivity index (χ0) is 16.2. The van der Waals surface area contributed by atoms with Gasteiger partial charge in [-0.1, -0.05) is 0 Å². The van der Waals surface area contributed by atoms with Crippen molar-refractivity contribution in [2.45, 2.75) is 20.4 Å². The van der Waals surface area contributed by atoms with Crippen LogP contribution in [0.15, 0.2) is 22.9 Å². The minimum atomic E-state index is 0.113. The molecule has 0 radical (unpaired) electrons. The van der Waals surface area contributed by atoms with Crippen LogP contribution in [0.2, 0.25) is 0 Å². The van der Waals surface area contributed by atoms with Crippen molar-refractivity contribution >= 4 is 34.7 Å². The number of hydrogen-bond acceptors (Lipinski definition) is 5. The number of thiazole rings is 1. The molecule has 0 N–H and O–H groups in total. The summed E-state index contributed by atoms with van der Waals surface area (Å²) >= 11 is 3.36. The van der Waals surface area contributed by atoms with Gasteiger partial charge in [0.15, 0.2) is 0 Å². The average Bonchev–Trinajstić information content (AvgIpc) is 3.14. The monoisotopic (exact) mass is 347 g/mol. The fourth-order valence-corrected chi connectivity index (χ4v) is 4.07. The summed E-state index contributed by atoms with van der Waals surface area (Å²) in [6.45, 7) is 8.39. The Hall–Kier alpha value is -1.50. The number of aryl methyl sites for hydroxylation is 2. The third-order valence-corrected chi connectivity index (χ3v) is 5.82. The summed E-state index contributed by atoms with van der Waals surface area (Å²) in [4.78, 5) is 22.3. The zero-order valence-corrected chi connectivity index (χ0v) is 15.1. The van der Waals surface area contributed by atoms with E-state index in [0.29, 0.717) is 0 Å². The van der Waals surface area contributed by atoms with Gasteiger partial charge in [0.05, 0.1) is 10.7 Å². The molecule has 4 nitrogen and oxygen atoms in total. The van der Waals surface area contributed by atoms with Gasteiger partial charge in [0, 0.05) is 49.1 Å². The molecule has 1 amide bonds. The van der Waals surface area contributed by atoms with Gasteiger partial charge in [-0.25, -0.2) is 4.98 Å². The molecule has 1 aliphatic rings. The lowest BCUT2D eigenvalue weighted by atomic mass is 10.2. The van der Waals surface area contributed by atoms with Gasteiger partial charge in [-0.2, -0.15) is 0 Å². The Morgan fingerprint density at radius 1 is 1.26 bits per heavy atom. The van der Waals surface area contributed by atoms with Crippen LogP contribution in [0.4, 0.5) is 0 Å². The average molecular weight is 348 g/mol. The fourth-order valence-electron chi connectivity index (χ4n) is 2.64. The van der Waals surface area contributed by atoms with Crippen molar-refractivity contribution in [1.29, 1.82) is 0 Å². The number of carbonyl (C=O) groups excluding carboxylic acids is 1. The summed E-state index contributed by atoms with van der Waals surface area (Å²) in [6, 6.07) is 2.08. The Kier molecular flexibility index (Phi) is 5.25. The molecule has 1 saturated heterocycles. The number of thiophene rings is 1. The van der Waals surface area contributed by atoms with E-state index in [1.165, 1.54) is 5.56 Å². The topological polar surface area (TPSA) is 36.4 Å². The molecule has 6 heteroatoms. The van der Waals surface area contributed by atoms with Gasteiger partial charge < -0.3 is 4.90 Å². The largest absolute Gasteiger partial charge is 0.337 e. The molecule has 0 spiro atoms. The number of amides is 1. The summed E-state index contributed by atoms with van der Waals surface area (Å²) in [5.74, 6) is 0.113. The Morgan fingerprint density at radius 3 is 2.65 bits per heavy atom. The number of piperazine rings is 1. The lowest BCUT2D eigenvalue weighted by Crippen LogP contribution is -2.47. The van der Waals surface area contributed by atoms with Crippen molar-refractivity contribution < 1.29 is 4.79 Å². The molecule has 0 aromatic carbocycles. The van der Waals surface area contributed by atoms with Crippen LogP contribution in [-0.2, 0) is 11.3 Å². The molecule has 0 unspecified atom stereocenters. The predicted octanol–water partition coefficient (Wildman–Crippen LogP) is 3.18. The van der Waals surface area contributed by atoms with Gasteiger partial charge in [-0.3, -0.25) is 9.69 Å². The van der Waals surface area contributed by atoms with E-state index in [1.807, 2.05) is 17.9 Å². The Morgan fingerprint density at radius 2 is 2.04 bits per heavy atom. The standard InChI is InChI=1S/C17H21N3OS2/c1-13-5-10-22-16(13)3-4-17(21)20-8-6-19(7-9-20)11-15-12-23-14(2)18-15/h3-5,10,12H,6-9,11H2,1-2H3/b4-3+. The molecule has 0 aliphatic carbocycles. The second-order valence-corrected chi connectivity index (χ2v) is 7.77. The number of nitrogens with zero attached hydrogens (tertiary/aromatic N) is 3. The molecule has 3 heterocycles. The maximum absolute atomic E-state index is 12.3. The summed E-state index contributed by atoms with van der Waals surface area (Å²) in [6.07, 6.45) is 3.64. The minimum absolute atomic E-state index is 0.113. The van der Waals surface area contributed by atoms with Crippen LogP contribution in [0.3, 0.4) is 0 Å². The Balaban J connectivity index is 1.49. The number of aromatic nitrogens is 1. The highest BCUT2D eigenvalue weighted by Gasteiger charge is 2.20. The molecule has 0 bridgehead atoms. The van der Waals surface area contributed by atoms with E-state index in [1.54, 1.807) is 28.7 Å². The lowest BCUT2D eigenvalue weighted by molar-refractivity contribution is -0.127. The Bertz CT molecular complexity index is 696. The first-order valence-corrected chi connectivity index (χ1v) is 9.52. The van der Waals surface area contributed by atoms with Gasteiger partial charge in [0.1, 0.15) is 0 Å². The van der Waals surface area contributed by atoms with Crippen LogP contribution >= 0.6 is 22.7 Å². The molecular weight excluding hydrogens is 326 g/mol. The number of carbonyl (C=O) groups is 1. The summed E-state index contributed by atoms with van der Waals surface area (Å²) in [7, 11) is 0. The predicted molar refractivity (Wildman–Crippen MR) is 96.8 cm³/mol. The van der Waals surface area contributed by atoms with E-state index < -0.39 is 0 Å². The number of hydrogen-bond donors (Lipinski definition) is 0. The highest BCUT2D eigenvalue weighted by Crippen LogP contribution is 2.17. The van der Waals surface area contributed by atoms with Crippen molar-refractivity contribution in [3.05, 3.63) is 44.0 Å². The van der Waals surface area contributed by atoms with Gasteiger partial charge in [-0.05, 0) is 36.9 Å². The molecular formula is C17H21N3OS2. The molecule has 1 fully saturated rings. The van der Waals surface area contributed by atoms with Gasteiger partial charge in [0.25, 0.3) is 0 Å². The van der Waals surface area contributed by atoms with Crippen LogP contribution in [0, 0.1) is 13.8 Å². The lowest BCUT2D eigenvalue weighted by Gasteiger charge is -2.33. The fraction of sp³-hybridized carbons (Fsp3) is 0.412. The Labute approximate surface area is 145 Å². The van der Waals surface area contributed by atoms with Crippen molar-refractivity contribution in [2.24, 2.45) is 0 Å². The third-order valence-electron chi connectivity index (χ3n) is 4.02. The van der Waals surface area contributed by atoms with Crippen LogP contribution < -0.4 is 0 Å². The van der Waals surface area contributed by atoms with E-state index in [0.717, 1.165) is 48.3 Å². The quantitative estimate of drug-likeness (QED) is 0.797. The molecule has 122 valence electrons. The molecule has 3 rings (SSSR count). The molecule has 2 aromatic rings. The summed E-state index contributed by atoms with van der Waals surface area (Å²) in [5, 5.41) is 5.29. The molecule has 23 heavy (non-hydrogen) atoms. The summed E-state index contributed by atoms with van der Waals surface area (Å²) in [5.41, 5.74) is 2.36. The van der Waals surface area contributed by atoms with Crippen LogP contribution in [0.25, 0.3) is 6.08 Å². The van der Waals surface area contributed by atoms with E-state index in [9.17, 15) is 4.79 Å². The van der Waals surface area contributed by atoms with Gasteiger partial charge in [-0.15, -0.1) is 22.7 Å². The second kappa shape index (κ2) is 7.38. The third kappa shape index (κ3) is 4.28. The van der Waals surface area contributed by atoms with Crippen molar-refractivity contribution in [1.82, 2.24) is 14.8 Å². The van der Waals surface area contributed by atoms with E-state index >= 15 is 0 Å². The highest BCUT2D eigenvalue weighted by atomic mass is 32.1. The molecule has 0 saturated carbocycles. The normalized spacial score (nSPS) is 16.3. The first kappa shape index (κ1) is 16.4. The van der Waals surface area contributed by atoms with Gasteiger partial charge >= 0.3 is 0 Å². The minimum Gasteiger partial charge on any atom is -0.337 e. The molecule has 2 aromatic heterocycles. The molecule has 1 aliphatic heterocycles. The zero-order valence-electron chi connectivity index (χ0n) is 13.5. The first-order chi connectivity index (χ1) is 11.1. The van der Waals surface area contributed by atoms with Gasteiger partial charge in [0.2, 0.25) is 5.91 Å². The van der Waals surface area contributed by atoms with Crippen molar-refractivity contribution in [3.63, 3.8) is 0 Å². The van der Waals surface area contributed by atoms with Crippen LogP contribution in [-0.4, -0.2) is 46.9 Å². The number of rotatable bonds is 4. The van der Waals surface area contributed by atoms with E-state index in [-0.39, 0.29) is 5.91 Å². The maximum Gasteiger partial charge on any atom is 0.246 e. The van der Waals surface area contributed by atoms with Crippen LogP contribution in [0.1, 0.15) is 21.1 Å². The first-order valence-electron chi connectivity index (χ1n) is 7.76. The smallest absolute Gasteiger partial charge is 0.246 e. The van der Waals surface area contributed by atoms with Crippen molar-refractivity contribution in [2.75, 3.05) is 26.2 Å². The van der Waals surface area contributed by atoms with Crippen molar-refractivity contribution in [3.8, 4) is 0 Å².